The maximum atomic E-state index is 12.9. The fraction of sp³-hybridized carbons (Fsp3) is 0.400. The molecule has 2 amide bonds. The number of aryl methyl sites for hydroxylation is 1. The summed E-state index contributed by atoms with van der Waals surface area (Å²) in [7, 11) is 1.65. The van der Waals surface area contributed by atoms with Gasteiger partial charge in [0, 0.05) is 44.4 Å². The largest absolute Gasteiger partial charge is 0.359 e. The number of amides is 2. The lowest BCUT2D eigenvalue weighted by molar-refractivity contribution is -0.132. The van der Waals surface area contributed by atoms with Crippen LogP contribution in [0.5, 0.6) is 0 Å². The second kappa shape index (κ2) is 7.55. The number of hydrogen-bond acceptors (Lipinski definition) is 2. The van der Waals surface area contributed by atoms with Gasteiger partial charge in [-0.3, -0.25) is 9.59 Å². The molecule has 1 aromatic heterocycles. The fourth-order valence-electron chi connectivity index (χ4n) is 3.35. The molecule has 2 aromatic rings. The molecule has 0 spiro atoms. The summed E-state index contributed by atoms with van der Waals surface area (Å²) in [6.45, 7) is 4.02. The average Bonchev–Trinajstić information content (AvgIpc) is 2.95. The smallest absolute Gasteiger partial charge is 0.227 e. The Balaban J connectivity index is 1.75. The van der Waals surface area contributed by atoms with E-state index in [-0.39, 0.29) is 17.7 Å². The third kappa shape index (κ3) is 4.29. The lowest BCUT2D eigenvalue weighted by atomic mass is 10.0. The van der Waals surface area contributed by atoms with E-state index >= 15 is 0 Å². The van der Waals surface area contributed by atoms with Crippen LogP contribution in [0.25, 0.3) is 0 Å². The Kier molecular flexibility index (Phi) is 5.22. The van der Waals surface area contributed by atoms with Gasteiger partial charge >= 0.3 is 0 Å². The van der Waals surface area contributed by atoms with Crippen LogP contribution in [0.1, 0.15) is 23.2 Å². The van der Waals surface area contributed by atoms with E-state index in [1.807, 2.05) is 48.4 Å². The molecule has 5 heteroatoms. The van der Waals surface area contributed by atoms with Crippen LogP contribution in [0.15, 0.2) is 42.6 Å². The van der Waals surface area contributed by atoms with E-state index in [9.17, 15) is 9.59 Å². The maximum Gasteiger partial charge on any atom is 0.227 e. The van der Waals surface area contributed by atoms with E-state index in [0.717, 1.165) is 17.8 Å². The van der Waals surface area contributed by atoms with Crippen molar-refractivity contribution in [3.8, 4) is 0 Å². The van der Waals surface area contributed by atoms with Crippen LogP contribution in [0.3, 0.4) is 0 Å². The van der Waals surface area contributed by atoms with Gasteiger partial charge in [-0.05, 0) is 24.6 Å². The summed E-state index contributed by atoms with van der Waals surface area (Å²) in [5.74, 6) is 0.252. The molecule has 0 saturated heterocycles. The number of hydrogen-bond donors (Lipinski definition) is 1. The van der Waals surface area contributed by atoms with Crippen molar-refractivity contribution >= 4 is 11.8 Å². The number of carbonyl (C=O) groups is 2. The van der Waals surface area contributed by atoms with Crippen LogP contribution in [-0.4, -0.2) is 34.9 Å². The maximum absolute atomic E-state index is 12.9. The van der Waals surface area contributed by atoms with Gasteiger partial charge < -0.3 is 14.8 Å². The Morgan fingerprint density at radius 1 is 1.16 bits per heavy atom. The monoisotopic (exact) mass is 339 g/mol. The number of benzene rings is 1. The van der Waals surface area contributed by atoms with E-state index in [1.165, 1.54) is 5.56 Å². The van der Waals surface area contributed by atoms with Gasteiger partial charge in [0.2, 0.25) is 11.8 Å². The van der Waals surface area contributed by atoms with Gasteiger partial charge in [-0.15, -0.1) is 0 Å². The third-order valence-electron chi connectivity index (χ3n) is 4.79. The first-order valence-corrected chi connectivity index (χ1v) is 8.73. The highest BCUT2D eigenvalue weighted by atomic mass is 16.2. The summed E-state index contributed by atoms with van der Waals surface area (Å²) in [6.07, 6.45) is 2.86. The molecule has 0 aliphatic carbocycles. The topological polar surface area (TPSA) is 54.3 Å². The lowest BCUT2D eigenvalue weighted by Crippen LogP contribution is -2.36. The van der Waals surface area contributed by atoms with E-state index in [1.54, 1.807) is 7.05 Å². The summed E-state index contributed by atoms with van der Waals surface area (Å²) >= 11 is 0. The number of aromatic nitrogens is 1. The van der Waals surface area contributed by atoms with E-state index in [4.69, 9.17) is 0 Å². The van der Waals surface area contributed by atoms with Gasteiger partial charge in [0.05, 0.1) is 13.0 Å². The summed E-state index contributed by atoms with van der Waals surface area (Å²) in [5, 5.41) is 2.69. The Morgan fingerprint density at radius 3 is 2.64 bits per heavy atom. The number of fused-ring (bicyclic) bond motifs is 1. The first-order chi connectivity index (χ1) is 12.0. The molecule has 0 bridgehead atoms. The normalized spacial score (nSPS) is 16.9. The van der Waals surface area contributed by atoms with Crippen LogP contribution in [0.4, 0.5) is 0 Å². The minimum absolute atomic E-state index is 0.0199. The van der Waals surface area contributed by atoms with Gasteiger partial charge in [0.15, 0.2) is 0 Å². The second-order valence-electron chi connectivity index (χ2n) is 6.83. The van der Waals surface area contributed by atoms with Crippen molar-refractivity contribution < 1.29 is 9.59 Å². The van der Waals surface area contributed by atoms with Crippen molar-refractivity contribution in [1.82, 2.24) is 14.8 Å². The van der Waals surface area contributed by atoms with Crippen molar-refractivity contribution in [2.24, 2.45) is 5.92 Å². The van der Waals surface area contributed by atoms with Crippen LogP contribution in [0, 0.1) is 12.8 Å². The SMILES string of the molecule is CNC(=O)C[C@H]1CN(C(=O)Cc2ccc(C)cc2)Cc2cccn2C1. The Labute approximate surface area is 148 Å². The molecule has 0 fully saturated rings. The zero-order valence-corrected chi connectivity index (χ0v) is 14.9. The first-order valence-electron chi connectivity index (χ1n) is 8.73. The minimum atomic E-state index is 0.0199. The summed E-state index contributed by atoms with van der Waals surface area (Å²) in [6, 6.07) is 12.1. The van der Waals surface area contributed by atoms with Gasteiger partial charge in [0.1, 0.15) is 0 Å². The second-order valence-corrected chi connectivity index (χ2v) is 6.83. The van der Waals surface area contributed by atoms with Crippen molar-refractivity contribution in [2.75, 3.05) is 13.6 Å². The highest BCUT2D eigenvalue weighted by Crippen LogP contribution is 2.20. The van der Waals surface area contributed by atoms with Gasteiger partial charge in [0.25, 0.3) is 0 Å². The summed E-state index contributed by atoms with van der Waals surface area (Å²) in [5.41, 5.74) is 3.34. The molecule has 1 aliphatic heterocycles. The number of nitrogens with one attached hydrogen (secondary N) is 1. The van der Waals surface area contributed by atoms with Crippen LogP contribution in [-0.2, 0) is 29.1 Å². The molecule has 1 N–H and O–H groups in total. The summed E-state index contributed by atoms with van der Waals surface area (Å²) < 4.78 is 2.16. The molecule has 3 rings (SSSR count). The van der Waals surface area contributed by atoms with Gasteiger partial charge in [-0.1, -0.05) is 29.8 Å². The van der Waals surface area contributed by atoms with E-state index in [0.29, 0.717) is 25.9 Å². The molecule has 0 radical (unpaired) electrons. The Hall–Kier alpha value is -2.56. The molecule has 5 nitrogen and oxygen atoms in total. The minimum Gasteiger partial charge on any atom is -0.359 e. The molecular weight excluding hydrogens is 314 g/mol. The molecule has 0 saturated carbocycles. The zero-order chi connectivity index (χ0) is 17.8. The number of nitrogens with zero attached hydrogens (tertiary/aromatic N) is 2. The average molecular weight is 339 g/mol. The van der Waals surface area contributed by atoms with Crippen molar-refractivity contribution in [3.05, 3.63) is 59.4 Å². The predicted octanol–water partition coefficient (Wildman–Crippen LogP) is 2.13. The summed E-state index contributed by atoms with van der Waals surface area (Å²) in [4.78, 5) is 26.6. The fourth-order valence-corrected chi connectivity index (χ4v) is 3.35. The first kappa shape index (κ1) is 17.3. The van der Waals surface area contributed by atoms with Crippen LogP contribution in [0.2, 0.25) is 0 Å². The molecule has 25 heavy (non-hydrogen) atoms. The molecular formula is C20H25N3O2. The quantitative estimate of drug-likeness (QED) is 0.928. The van der Waals surface area contributed by atoms with Crippen molar-refractivity contribution in [1.29, 1.82) is 0 Å². The highest BCUT2D eigenvalue weighted by molar-refractivity contribution is 5.79. The lowest BCUT2D eigenvalue weighted by Gasteiger charge is -2.24. The van der Waals surface area contributed by atoms with Gasteiger partial charge in [-0.25, -0.2) is 0 Å². The molecule has 1 atom stereocenters. The van der Waals surface area contributed by atoms with Crippen molar-refractivity contribution in [2.45, 2.75) is 32.9 Å². The predicted molar refractivity (Wildman–Crippen MR) is 96.9 cm³/mol. The molecule has 1 aliphatic rings. The third-order valence-corrected chi connectivity index (χ3v) is 4.79. The molecule has 1 aromatic carbocycles. The standard InChI is InChI=1S/C20H25N3O2/c1-15-5-7-16(8-6-15)11-20(25)23-13-17(10-19(24)21-2)12-22-9-3-4-18(22)14-23/h3-9,17H,10-14H2,1-2H3,(H,21,24)/t17-/m1/s1. The van der Waals surface area contributed by atoms with Crippen LogP contribution < -0.4 is 5.32 Å². The highest BCUT2D eigenvalue weighted by Gasteiger charge is 2.26. The number of carbonyl (C=O) groups excluding carboxylic acids is 2. The Bertz CT molecular complexity index is 749. The molecule has 0 unspecified atom stereocenters. The molecule has 2 heterocycles. The zero-order valence-electron chi connectivity index (χ0n) is 14.9. The van der Waals surface area contributed by atoms with E-state index in [2.05, 4.69) is 16.0 Å². The molecule has 132 valence electrons. The van der Waals surface area contributed by atoms with Gasteiger partial charge in [-0.2, -0.15) is 0 Å². The Morgan fingerprint density at radius 2 is 1.92 bits per heavy atom. The van der Waals surface area contributed by atoms with E-state index < -0.39 is 0 Å². The number of rotatable bonds is 4. The van der Waals surface area contributed by atoms with Crippen molar-refractivity contribution in [3.63, 3.8) is 0 Å². The van der Waals surface area contributed by atoms with Crippen LogP contribution >= 0.6 is 0 Å².